The van der Waals surface area contributed by atoms with Crippen molar-refractivity contribution in [2.24, 2.45) is 14.1 Å². The van der Waals surface area contributed by atoms with Crippen LogP contribution in [0.2, 0.25) is 5.02 Å². The molecule has 28 heteroatoms. The van der Waals surface area contributed by atoms with Crippen molar-refractivity contribution in [3.05, 3.63) is 280 Å². The molecule has 0 saturated heterocycles. The first kappa shape index (κ1) is 107. The van der Waals surface area contributed by atoms with Crippen molar-refractivity contribution in [1.29, 1.82) is 0 Å². The van der Waals surface area contributed by atoms with Crippen LogP contribution in [-0.2, 0) is 66.9 Å². The highest BCUT2D eigenvalue weighted by atomic mass is 79.9. The number of hydrogen-bond donors (Lipinski definition) is 6. The lowest BCUT2D eigenvalue weighted by Crippen LogP contribution is -2.28. The number of ether oxygens (including phenoxy) is 2. The second-order valence-electron chi connectivity index (χ2n) is 44.3. The van der Waals surface area contributed by atoms with E-state index < -0.39 is 12.2 Å². The number of anilines is 6. The monoisotopic (exact) mass is 1980 g/mol. The van der Waals surface area contributed by atoms with Gasteiger partial charge in [-0.3, -0.25) is 29.4 Å². The van der Waals surface area contributed by atoms with E-state index in [0.717, 1.165) is 92.8 Å². The molecule has 24 nitrogen and oxygen atoms in total. The predicted octanol–water partition coefficient (Wildman–Crippen LogP) is 26.7. The Morgan fingerprint density at radius 1 is 0.400 bits per heavy atom. The highest BCUT2D eigenvalue weighted by Crippen LogP contribution is 2.37. The van der Waals surface area contributed by atoms with Crippen molar-refractivity contribution in [3.8, 4) is 0 Å². The Bertz CT molecular complexity index is 7260. The normalized spacial score (nSPS) is 13.1. The largest absolute Gasteiger partial charge is 0.446 e. The van der Waals surface area contributed by atoms with Crippen molar-refractivity contribution in [1.82, 2.24) is 57.8 Å². The number of imidazole rings is 2. The summed E-state index contributed by atoms with van der Waals surface area (Å²) in [6.45, 7) is 55.2. The maximum atomic E-state index is 14.2. The zero-order valence-electron chi connectivity index (χ0n) is 86.4. The first-order valence-corrected chi connectivity index (χ1v) is 48.5. The van der Waals surface area contributed by atoms with Crippen LogP contribution in [-0.4, -0.2) is 82.2 Å². The van der Waals surface area contributed by atoms with Gasteiger partial charge in [0.05, 0.1) is 53.4 Å². The molecule has 6 aromatic carbocycles. The molecule has 2 saturated carbocycles. The molecule has 0 atom stereocenters. The number of benzene rings is 6. The lowest BCUT2D eigenvalue weighted by molar-refractivity contribution is 0.0617. The van der Waals surface area contributed by atoms with Gasteiger partial charge in [-0.05, 0) is 265 Å². The van der Waals surface area contributed by atoms with Crippen LogP contribution in [0.5, 0.6) is 0 Å². The average molecular weight is 1990 g/mol. The van der Waals surface area contributed by atoms with Gasteiger partial charge in [0.1, 0.15) is 52.6 Å². The number of nitrogens with zero attached hydrogens (tertiary/aromatic N) is 12. The van der Waals surface area contributed by atoms with Crippen LogP contribution in [0, 0.1) is 25.5 Å². The van der Waals surface area contributed by atoms with Crippen LogP contribution >= 0.6 is 27.5 Å². The number of halogens is 4. The summed E-state index contributed by atoms with van der Waals surface area (Å²) in [5.74, 6) is 1.71. The van der Waals surface area contributed by atoms with E-state index >= 15 is 0 Å². The van der Waals surface area contributed by atoms with Gasteiger partial charge in [-0.25, -0.2) is 58.2 Å². The smallest absolute Gasteiger partial charge is 0.413 e. The number of rotatable bonds is 4. The van der Waals surface area contributed by atoms with E-state index in [1.54, 1.807) is 50.5 Å². The van der Waals surface area contributed by atoms with E-state index in [1.807, 2.05) is 127 Å². The Kier molecular flexibility index (Phi) is 32.7. The van der Waals surface area contributed by atoms with E-state index in [1.165, 1.54) is 42.8 Å². The molecule has 2 aliphatic rings. The lowest BCUT2D eigenvalue weighted by atomic mass is 9.86. The number of nitrogens with one attached hydrogen (secondary N) is 2. The standard InChI is InChI=1S/C18H21BrN2O2.C18H21ClN2O2.2C13H15FN2.2C13H17N3O.2C12H16N2/c2*1-18(2,3)12-8-7-11-9-14(19)16(20-15(11)10-12)21-17(22)23-13-5-4-6-13;1-13(2,3)9-5-6-10-8(12(9)14)4-7-11(15)16-10;1-13(2,3)8-6-10(14)9-4-5-12(15)16-11(9)7-8;1-13(2,3)8-5-6-10-9(7-8)11(17)16(4)12(14)15-10;1-13(2,3)8-5-6-9-10(7-8)15-12(14)16(4)11(9)17;1-9-8-13-11-7-10(12(2,3)4)5-6-14(9)11;1-9-7-13-11-6-5-10(8-14(9)11)12(2,3)4/h2*7-10,13H,4-6H2,1-3H3,(H,20,21,22);2*4-7H,1-3H3,(H2,15,16);2*5-7H,1-4H3,(H2,14,15);2*5-8H,1-4H3. The fraction of sp³-hybridized carbons (Fsp3) is 0.393. The van der Waals surface area contributed by atoms with Crippen molar-refractivity contribution < 1.29 is 27.8 Å². The fourth-order valence-electron chi connectivity index (χ4n) is 15.0. The average Bonchev–Trinajstić information content (AvgIpc) is 1.50. The molecule has 0 radical (unpaired) electrons. The van der Waals surface area contributed by atoms with Crippen LogP contribution in [0.3, 0.4) is 0 Å². The third-order valence-corrected chi connectivity index (χ3v) is 25.6. The molecule has 18 rings (SSSR count). The van der Waals surface area contributed by atoms with E-state index in [0.29, 0.717) is 77.5 Å². The van der Waals surface area contributed by atoms with E-state index in [9.17, 15) is 28.0 Å². The number of nitrogen functional groups attached to an aromatic ring is 4. The minimum atomic E-state index is -0.490. The predicted molar refractivity (Wildman–Crippen MR) is 576 cm³/mol. The molecule has 10 heterocycles. The molecule has 10 N–H and O–H groups in total. The van der Waals surface area contributed by atoms with Gasteiger partial charge in [0, 0.05) is 71.8 Å². The molecule has 0 aliphatic heterocycles. The van der Waals surface area contributed by atoms with Crippen LogP contribution in [0.4, 0.5) is 53.5 Å². The van der Waals surface area contributed by atoms with Gasteiger partial charge in [-0.2, -0.15) is 0 Å². The maximum Gasteiger partial charge on any atom is 0.413 e. The molecule has 16 aromatic rings. The summed E-state index contributed by atoms with van der Waals surface area (Å²) in [5.41, 5.74) is 40.1. The number of carbonyl (C=O) groups excluding carboxylic acids is 2. The summed E-state index contributed by atoms with van der Waals surface area (Å²) in [4.78, 5) is 82.3. The summed E-state index contributed by atoms with van der Waals surface area (Å²) in [7, 11) is 3.26. The molecule has 2 fully saturated rings. The van der Waals surface area contributed by atoms with Crippen LogP contribution < -0.4 is 44.7 Å². The van der Waals surface area contributed by atoms with Crippen molar-refractivity contribution in [2.45, 2.75) is 274 Å². The van der Waals surface area contributed by atoms with Crippen LogP contribution in [0.25, 0.3) is 76.7 Å². The summed E-state index contributed by atoms with van der Waals surface area (Å²) in [5, 5.41) is 10.1. The van der Waals surface area contributed by atoms with Gasteiger partial charge < -0.3 is 41.2 Å². The van der Waals surface area contributed by atoms with Gasteiger partial charge in [0.15, 0.2) is 5.82 Å². The zero-order valence-corrected chi connectivity index (χ0v) is 88.7. The highest BCUT2D eigenvalue weighted by Gasteiger charge is 2.28. The number of nitrogens with two attached hydrogens (primary N) is 4. The summed E-state index contributed by atoms with van der Waals surface area (Å²) >= 11 is 9.70. The summed E-state index contributed by atoms with van der Waals surface area (Å²) in [6.07, 6.45) is 13.3. The van der Waals surface area contributed by atoms with Gasteiger partial charge in [-0.1, -0.05) is 226 Å². The maximum absolute atomic E-state index is 14.2. The number of hydrogen-bond acceptors (Lipinski definition) is 18. The highest BCUT2D eigenvalue weighted by molar-refractivity contribution is 9.10. The summed E-state index contributed by atoms with van der Waals surface area (Å²) < 4.78 is 46.4. The van der Waals surface area contributed by atoms with Gasteiger partial charge >= 0.3 is 12.2 Å². The third kappa shape index (κ3) is 27.2. The van der Waals surface area contributed by atoms with Crippen molar-refractivity contribution in [3.63, 3.8) is 0 Å². The van der Waals surface area contributed by atoms with Crippen molar-refractivity contribution >= 4 is 152 Å². The number of aromatic nitrogens is 12. The SMILES string of the molecule is CC(C)(C)c1cc(F)c2ccc(N)nc2c1.CC(C)(C)c1ccc2cc(Br)c(NC(=O)OC3CCC3)nc2c1.CC(C)(C)c1ccc2cc(Cl)c(NC(=O)OC3CCC3)nc2c1.CC(C)(C)c1ccc2nc(N)ccc2c1F.Cc1cnc2cc(C(C)(C)C)ccn12.Cc1cnc2ccc(C(C)(C)C)cn12.Cn1c(N)nc2cc(C(C)(C)C)ccc2c1=O.Cn1c(N)nc2ccc(C(C)(C)C)cc2c1=O. The Morgan fingerprint density at radius 3 is 1.31 bits per heavy atom. The number of carbonyl (C=O) groups is 2. The lowest BCUT2D eigenvalue weighted by Gasteiger charge is -2.25. The molecule has 2 amide bonds. The number of amides is 2. The topological polar surface area (TPSA) is 337 Å². The molecule has 10 aromatic heterocycles. The van der Waals surface area contributed by atoms with Crippen LogP contribution in [0.1, 0.15) is 261 Å². The number of pyridine rings is 6. The summed E-state index contributed by atoms with van der Waals surface area (Å²) in [6, 6.07) is 49.9. The van der Waals surface area contributed by atoms with Gasteiger partial charge in [0.25, 0.3) is 11.1 Å². The molecule has 0 spiro atoms. The second-order valence-corrected chi connectivity index (χ2v) is 45.6. The zero-order chi connectivity index (χ0) is 103. The fourth-order valence-corrected chi connectivity index (χ4v) is 15.6. The minimum Gasteiger partial charge on any atom is -0.446 e. The molecular formula is C112H138BrClF2N18O6. The molecule has 0 unspecified atom stereocenters. The van der Waals surface area contributed by atoms with E-state index in [2.05, 4.69) is 275 Å². The second kappa shape index (κ2) is 42.6. The molecule has 740 valence electrons. The Balaban J connectivity index is 0.000000154. The van der Waals surface area contributed by atoms with Crippen molar-refractivity contribution in [2.75, 3.05) is 33.6 Å². The van der Waals surface area contributed by atoms with Gasteiger partial charge in [-0.15, -0.1) is 0 Å². The van der Waals surface area contributed by atoms with Crippen LogP contribution in [0.15, 0.2) is 197 Å². The Morgan fingerprint density at radius 2 is 0.800 bits per heavy atom. The minimum absolute atomic E-state index is 0.0145. The first-order valence-electron chi connectivity index (χ1n) is 47.3. The first-order chi connectivity index (χ1) is 65.0. The van der Waals surface area contributed by atoms with Gasteiger partial charge in [0.2, 0.25) is 11.9 Å². The Labute approximate surface area is 833 Å². The molecule has 140 heavy (non-hydrogen) atoms. The molecule has 2 aliphatic carbocycles. The number of fused-ring (bicyclic) bond motifs is 8. The van der Waals surface area contributed by atoms with E-state index in [-0.39, 0.29) is 90.2 Å². The third-order valence-electron chi connectivity index (χ3n) is 24.7. The number of aryl methyl sites for hydroxylation is 2. The quantitative estimate of drug-likeness (QED) is 0.0953. The Hall–Kier alpha value is -13.0. The van der Waals surface area contributed by atoms with E-state index in [4.69, 9.17) is 44.0 Å². The molecular weight excluding hydrogens is 1850 g/mol. The molecule has 0 bridgehead atoms.